The number of carbonyl (C=O) groups is 2. The molecule has 1 atom stereocenters. The number of ether oxygens (including phenoxy) is 2. The second-order valence-electron chi connectivity index (χ2n) is 6.02. The van der Waals surface area contributed by atoms with Crippen LogP contribution in [0.25, 0.3) is 0 Å². The summed E-state index contributed by atoms with van der Waals surface area (Å²) in [4.78, 5) is 25.6. The number of para-hydroxylation sites is 1. The molecular formula is C17H21NO5. The van der Waals surface area contributed by atoms with Gasteiger partial charge in [0.25, 0.3) is 0 Å². The van der Waals surface area contributed by atoms with Gasteiger partial charge in [0.1, 0.15) is 18.9 Å². The molecule has 23 heavy (non-hydrogen) atoms. The number of fused-ring (bicyclic) bond motifs is 1. The molecule has 0 saturated carbocycles. The molecule has 1 N–H and O–H groups in total. The van der Waals surface area contributed by atoms with Gasteiger partial charge in [-0.15, -0.1) is 0 Å². The molecule has 1 aromatic carbocycles. The second-order valence-corrected chi connectivity index (χ2v) is 6.02. The molecule has 3 rings (SSSR count). The average molecular weight is 319 g/mol. The smallest absolute Gasteiger partial charge is 0.323 e. The maximum atomic E-state index is 12.9. The quantitative estimate of drug-likeness (QED) is 0.906. The van der Waals surface area contributed by atoms with Gasteiger partial charge in [-0.1, -0.05) is 18.2 Å². The summed E-state index contributed by atoms with van der Waals surface area (Å²) in [6.45, 7) is 1.17. The fourth-order valence-electron chi connectivity index (χ4n) is 3.25. The summed E-state index contributed by atoms with van der Waals surface area (Å²) in [6.07, 6.45) is 1.96. The van der Waals surface area contributed by atoms with Gasteiger partial charge in [0, 0.05) is 19.3 Å². The number of rotatable bonds is 4. The molecule has 0 radical (unpaired) electrons. The normalized spacial score (nSPS) is 21.1. The van der Waals surface area contributed by atoms with Crippen LogP contribution in [-0.2, 0) is 20.7 Å². The molecule has 124 valence electrons. The first-order valence-electron chi connectivity index (χ1n) is 7.96. The number of aliphatic carboxylic acids is 1. The number of hydrogen-bond acceptors (Lipinski definition) is 4. The Bertz CT molecular complexity index is 582. The zero-order valence-electron chi connectivity index (χ0n) is 12.9. The van der Waals surface area contributed by atoms with Crippen LogP contribution in [0.5, 0.6) is 5.75 Å². The van der Waals surface area contributed by atoms with E-state index in [0.717, 1.165) is 11.3 Å². The van der Waals surface area contributed by atoms with Crippen molar-refractivity contribution < 1.29 is 24.2 Å². The van der Waals surface area contributed by atoms with E-state index in [0.29, 0.717) is 39.1 Å². The van der Waals surface area contributed by atoms with E-state index in [1.807, 2.05) is 24.3 Å². The Morgan fingerprint density at radius 3 is 2.70 bits per heavy atom. The summed E-state index contributed by atoms with van der Waals surface area (Å²) < 4.78 is 11.0. The molecule has 0 aromatic heterocycles. The lowest BCUT2D eigenvalue weighted by Gasteiger charge is -2.36. The molecule has 1 amide bonds. The number of hydrogen-bond donors (Lipinski definition) is 1. The predicted octanol–water partition coefficient (Wildman–Crippen LogP) is 1.33. The number of carboxylic acids is 1. The van der Waals surface area contributed by atoms with Gasteiger partial charge in [0.05, 0.1) is 5.92 Å². The van der Waals surface area contributed by atoms with E-state index >= 15 is 0 Å². The largest absolute Gasteiger partial charge is 0.492 e. The highest BCUT2D eigenvalue weighted by Crippen LogP contribution is 2.28. The van der Waals surface area contributed by atoms with E-state index in [2.05, 4.69) is 0 Å². The number of nitrogens with zero attached hydrogens (tertiary/aromatic N) is 1. The Kier molecular flexibility index (Phi) is 4.81. The molecule has 0 unspecified atom stereocenters. The Hall–Kier alpha value is -2.08. The Balaban J connectivity index is 1.74. The third-order valence-corrected chi connectivity index (χ3v) is 4.45. The van der Waals surface area contributed by atoms with Gasteiger partial charge in [-0.25, -0.2) is 0 Å². The van der Waals surface area contributed by atoms with Gasteiger partial charge in [-0.2, -0.15) is 0 Å². The Labute approximate surface area is 135 Å². The number of carboxylic acid groups (broad SMARTS) is 1. The maximum Gasteiger partial charge on any atom is 0.323 e. The molecule has 2 aliphatic rings. The maximum absolute atomic E-state index is 12.9. The van der Waals surface area contributed by atoms with E-state index in [-0.39, 0.29) is 24.4 Å². The standard InChI is InChI=1S/C17H21NO5/c19-16(20)10-18(14-5-7-22-8-6-14)17(21)13-9-12-3-1-2-4-15(12)23-11-13/h1-4,13-14H,5-11H2,(H,19,20)/t13-/m1/s1. The third-order valence-electron chi connectivity index (χ3n) is 4.45. The molecule has 6 heteroatoms. The van der Waals surface area contributed by atoms with Crippen LogP contribution in [0.15, 0.2) is 24.3 Å². The van der Waals surface area contributed by atoms with Crippen LogP contribution in [0.3, 0.4) is 0 Å². The van der Waals surface area contributed by atoms with Crippen molar-refractivity contribution in [3.8, 4) is 5.75 Å². The van der Waals surface area contributed by atoms with Crippen molar-refractivity contribution in [3.63, 3.8) is 0 Å². The molecule has 6 nitrogen and oxygen atoms in total. The zero-order chi connectivity index (χ0) is 16.2. The monoisotopic (exact) mass is 319 g/mol. The number of benzene rings is 1. The lowest BCUT2D eigenvalue weighted by atomic mass is 9.94. The summed E-state index contributed by atoms with van der Waals surface area (Å²) in [5, 5.41) is 9.16. The van der Waals surface area contributed by atoms with E-state index in [1.54, 1.807) is 0 Å². The first-order valence-corrected chi connectivity index (χ1v) is 7.96. The van der Waals surface area contributed by atoms with Crippen LogP contribution >= 0.6 is 0 Å². The molecule has 0 bridgehead atoms. The Morgan fingerprint density at radius 1 is 1.22 bits per heavy atom. The molecule has 2 aliphatic heterocycles. The topological polar surface area (TPSA) is 76.1 Å². The van der Waals surface area contributed by atoms with Crippen molar-refractivity contribution in [2.24, 2.45) is 5.92 Å². The lowest BCUT2D eigenvalue weighted by Crippen LogP contribution is -2.50. The highest BCUT2D eigenvalue weighted by Gasteiger charge is 2.34. The minimum absolute atomic E-state index is 0.0653. The molecule has 0 spiro atoms. The summed E-state index contributed by atoms with van der Waals surface area (Å²) >= 11 is 0. The molecule has 1 fully saturated rings. The first kappa shape index (κ1) is 15.8. The highest BCUT2D eigenvalue weighted by molar-refractivity contribution is 5.84. The van der Waals surface area contributed by atoms with Crippen LogP contribution in [0.1, 0.15) is 18.4 Å². The van der Waals surface area contributed by atoms with Gasteiger partial charge >= 0.3 is 5.97 Å². The average Bonchev–Trinajstić information content (AvgIpc) is 2.59. The van der Waals surface area contributed by atoms with Gasteiger partial charge in [0.2, 0.25) is 5.91 Å². The van der Waals surface area contributed by atoms with E-state index in [1.165, 1.54) is 4.90 Å². The van der Waals surface area contributed by atoms with Crippen molar-refractivity contribution in [1.82, 2.24) is 4.90 Å². The van der Waals surface area contributed by atoms with E-state index in [9.17, 15) is 9.59 Å². The molecule has 0 aliphatic carbocycles. The van der Waals surface area contributed by atoms with Crippen LogP contribution in [0.4, 0.5) is 0 Å². The van der Waals surface area contributed by atoms with E-state index in [4.69, 9.17) is 14.6 Å². The molecular weight excluding hydrogens is 298 g/mol. The number of amides is 1. The third kappa shape index (κ3) is 3.64. The predicted molar refractivity (Wildman–Crippen MR) is 82.3 cm³/mol. The van der Waals surface area contributed by atoms with Crippen molar-refractivity contribution in [2.75, 3.05) is 26.4 Å². The van der Waals surface area contributed by atoms with Gasteiger partial charge < -0.3 is 19.5 Å². The van der Waals surface area contributed by atoms with Crippen LogP contribution in [0.2, 0.25) is 0 Å². The van der Waals surface area contributed by atoms with Crippen molar-refractivity contribution in [1.29, 1.82) is 0 Å². The highest BCUT2D eigenvalue weighted by atomic mass is 16.5. The van der Waals surface area contributed by atoms with E-state index < -0.39 is 5.97 Å². The lowest BCUT2D eigenvalue weighted by molar-refractivity contribution is -0.150. The second kappa shape index (κ2) is 7.00. The first-order chi connectivity index (χ1) is 11.1. The van der Waals surface area contributed by atoms with Crippen molar-refractivity contribution >= 4 is 11.9 Å². The van der Waals surface area contributed by atoms with Crippen molar-refractivity contribution in [2.45, 2.75) is 25.3 Å². The minimum atomic E-state index is -0.984. The molecule has 1 aromatic rings. The molecule has 1 saturated heterocycles. The summed E-state index contributed by atoms with van der Waals surface area (Å²) in [7, 11) is 0. The van der Waals surface area contributed by atoms with Gasteiger partial charge in [-0.05, 0) is 30.9 Å². The van der Waals surface area contributed by atoms with Crippen LogP contribution in [0, 0.1) is 5.92 Å². The van der Waals surface area contributed by atoms with Crippen molar-refractivity contribution in [3.05, 3.63) is 29.8 Å². The minimum Gasteiger partial charge on any atom is -0.492 e. The molecule has 2 heterocycles. The van der Waals surface area contributed by atoms with Crippen LogP contribution in [-0.4, -0.2) is 54.3 Å². The SMILES string of the molecule is O=C(O)CN(C(=O)[C@H]1COc2ccccc2C1)C1CCOCC1. The van der Waals surface area contributed by atoms with Gasteiger partial charge in [-0.3, -0.25) is 9.59 Å². The zero-order valence-corrected chi connectivity index (χ0v) is 12.9. The van der Waals surface area contributed by atoms with Crippen LogP contribution < -0.4 is 4.74 Å². The number of carbonyl (C=O) groups excluding carboxylic acids is 1. The Morgan fingerprint density at radius 2 is 1.96 bits per heavy atom. The summed E-state index contributed by atoms with van der Waals surface area (Å²) in [5.74, 6) is -0.629. The fraction of sp³-hybridized carbons (Fsp3) is 0.529. The fourth-order valence-corrected chi connectivity index (χ4v) is 3.25. The summed E-state index contributed by atoms with van der Waals surface area (Å²) in [5.41, 5.74) is 0.999. The van der Waals surface area contributed by atoms with Gasteiger partial charge in [0.15, 0.2) is 0 Å². The summed E-state index contributed by atoms with van der Waals surface area (Å²) in [6, 6.07) is 7.60.